The van der Waals surface area contributed by atoms with Crippen LogP contribution in [0.25, 0.3) is 0 Å². The summed E-state index contributed by atoms with van der Waals surface area (Å²) in [5.74, 6) is 1.68. The number of aliphatic hydroxyl groups is 1. The zero-order valence-electron chi connectivity index (χ0n) is 14.6. The minimum atomic E-state index is -0.842. The molecule has 1 atom stereocenters. The summed E-state index contributed by atoms with van der Waals surface area (Å²) < 4.78 is 5.31. The number of hydrogen-bond donors (Lipinski definition) is 3. The zero-order chi connectivity index (χ0) is 16.4. The van der Waals surface area contributed by atoms with E-state index in [0.29, 0.717) is 13.1 Å². The summed E-state index contributed by atoms with van der Waals surface area (Å²) >= 11 is 0. The first-order valence-corrected chi connectivity index (χ1v) is 7.84. The van der Waals surface area contributed by atoms with Crippen LogP contribution in [-0.4, -0.2) is 61.8 Å². The molecule has 1 rings (SSSR count). The SMILES string of the molecule is CCCNC(=NCC(C)(O)CN(C)C)NCCc1ccco1.I. The van der Waals surface area contributed by atoms with Gasteiger partial charge in [0.15, 0.2) is 5.96 Å². The lowest BCUT2D eigenvalue weighted by molar-refractivity contribution is 0.0423. The molecular formula is C16H31IN4O2. The number of furan rings is 1. The van der Waals surface area contributed by atoms with E-state index in [-0.39, 0.29) is 24.0 Å². The fourth-order valence-corrected chi connectivity index (χ4v) is 2.16. The minimum Gasteiger partial charge on any atom is -0.469 e. The molecule has 0 aliphatic rings. The highest BCUT2D eigenvalue weighted by Gasteiger charge is 2.21. The predicted molar refractivity (Wildman–Crippen MR) is 106 cm³/mol. The van der Waals surface area contributed by atoms with Gasteiger partial charge in [0.05, 0.1) is 18.4 Å². The van der Waals surface area contributed by atoms with Crippen LogP contribution >= 0.6 is 24.0 Å². The van der Waals surface area contributed by atoms with Crippen LogP contribution in [0, 0.1) is 0 Å². The first-order valence-electron chi connectivity index (χ1n) is 7.84. The molecule has 1 aromatic rings. The van der Waals surface area contributed by atoms with Crippen molar-refractivity contribution in [3.05, 3.63) is 24.2 Å². The molecule has 1 heterocycles. The van der Waals surface area contributed by atoms with E-state index in [2.05, 4.69) is 22.5 Å². The second-order valence-electron chi connectivity index (χ2n) is 6.08. The molecule has 1 aromatic heterocycles. The largest absolute Gasteiger partial charge is 0.469 e. The Hall–Kier alpha value is -0.800. The summed E-state index contributed by atoms with van der Waals surface area (Å²) in [4.78, 5) is 6.45. The third-order valence-corrected chi connectivity index (χ3v) is 3.02. The Balaban J connectivity index is 0.00000484. The van der Waals surface area contributed by atoms with Crippen molar-refractivity contribution >= 4 is 29.9 Å². The van der Waals surface area contributed by atoms with Crippen LogP contribution in [0.3, 0.4) is 0 Å². The fraction of sp³-hybridized carbons (Fsp3) is 0.688. The molecule has 0 aliphatic carbocycles. The summed E-state index contributed by atoms with van der Waals surface area (Å²) in [6.07, 6.45) is 3.50. The Morgan fingerprint density at radius 1 is 1.35 bits per heavy atom. The van der Waals surface area contributed by atoms with E-state index in [9.17, 15) is 5.11 Å². The van der Waals surface area contributed by atoms with Gasteiger partial charge in [-0.2, -0.15) is 0 Å². The lowest BCUT2D eigenvalue weighted by Crippen LogP contribution is -2.43. The third kappa shape index (κ3) is 10.6. The number of halogens is 1. The standard InChI is InChI=1S/C16H30N4O2.HI/c1-5-9-17-15(18-10-8-14-7-6-11-22-14)19-12-16(2,21)13-20(3)4;/h6-7,11,21H,5,8-10,12-13H2,1-4H3,(H2,17,18,19);1H. The summed E-state index contributed by atoms with van der Waals surface area (Å²) in [6, 6.07) is 3.85. The van der Waals surface area contributed by atoms with Gasteiger partial charge < -0.3 is 25.1 Å². The highest BCUT2D eigenvalue weighted by molar-refractivity contribution is 14.0. The van der Waals surface area contributed by atoms with Crippen LogP contribution in [-0.2, 0) is 6.42 Å². The predicted octanol–water partition coefficient (Wildman–Crippen LogP) is 1.70. The van der Waals surface area contributed by atoms with Crippen molar-refractivity contribution in [2.45, 2.75) is 32.3 Å². The van der Waals surface area contributed by atoms with Crippen LogP contribution in [0.15, 0.2) is 27.8 Å². The molecular weight excluding hydrogens is 407 g/mol. The Morgan fingerprint density at radius 2 is 2.04 bits per heavy atom. The van der Waals surface area contributed by atoms with E-state index < -0.39 is 5.60 Å². The molecule has 134 valence electrons. The Bertz CT molecular complexity index is 433. The first-order chi connectivity index (χ1) is 10.4. The van der Waals surface area contributed by atoms with Crippen LogP contribution in [0.5, 0.6) is 0 Å². The monoisotopic (exact) mass is 438 g/mol. The van der Waals surface area contributed by atoms with Crippen molar-refractivity contribution in [1.29, 1.82) is 0 Å². The number of hydrogen-bond acceptors (Lipinski definition) is 4. The second kappa shape index (κ2) is 11.7. The van der Waals surface area contributed by atoms with E-state index in [0.717, 1.165) is 37.7 Å². The Kier molecular flexibility index (Phi) is 11.3. The molecule has 1 unspecified atom stereocenters. The maximum Gasteiger partial charge on any atom is 0.191 e. The maximum atomic E-state index is 10.3. The van der Waals surface area contributed by atoms with E-state index in [4.69, 9.17) is 4.42 Å². The zero-order valence-corrected chi connectivity index (χ0v) is 17.0. The highest BCUT2D eigenvalue weighted by atomic mass is 127. The smallest absolute Gasteiger partial charge is 0.191 e. The summed E-state index contributed by atoms with van der Waals surface area (Å²) in [5, 5.41) is 16.8. The van der Waals surface area contributed by atoms with Gasteiger partial charge in [0.2, 0.25) is 0 Å². The Labute approximate surface area is 156 Å². The van der Waals surface area contributed by atoms with Gasteiger partial charge in [0.25, 0.3) is 0 Å². The summed E-state index contributed by atoms with van der Waals surface area (Å²) in [5.41, 5.74) is -0.842. The number of nitrogens with one attached hydrogen (secondary N) is 2. The van der Waals surface area contributed by atoms with E-state index >= 15 is 0 Å². The molecule has 7 heteroatoms. The van der Waals surface area contributed by atoms with Crippen LogP contribution in [0.1, 0.15) is 26.0 Å². The van der Waals surface area contributed by atoms with Crippen molar-refractivity contribution < 1.29 is 9.52 Å². The molecule has 0 aliphatic heterocycles. The lowest BCUT2D eigenvalue weighted by atomic mass is 10.1. The third-order valence-electron chi connectivity index (χ3n) is 3.02. The highest BCUT2D eigenvalue weighted by Crippen LogP contribution is 2.05. The molecule has 0 bridgehead atoms. The van der Waals surface area contributed by atoms with Crippen molar-refractivity contribution in [2.24, 2.45) is 4.99 Å². The second-order valence-corrected chi connectivity index (χ2v) is 6.08. The normalized spacial score (nSPS) is 14.3. The van der Waals surface area contributed by atoms with Crippen LogP contribution in [0.4, 0.5) is 0 Å². The number of guanidine groups is 1. The molecule has 0 saturated heterocycles. The van der Waals surface area contributed by atoms with Gasteiger partial charge in [-0.25, -0.2) is 0 Å². The molecule has 6 nitrogen and oxygen atoms in total. The van der Waals surface area contributed by atoms with Crippen molar-refractivity contribution in [3.8, 4) is 0 Å². The number of aliphatic imine (C=N–C) groups is 1. The molecule has 3 N–H and O–H groups in total. The maximum absolute atomic E-state index is 10.3. The van der Waals surface area contributed by atoms with Gasteiger partial charge in [-0.3, -0.25) is 4.99 Å². The minimum absolute atomic E-state index is 0. The molecule has 0 radical (unpaired) electrons. The number of likely N-dealkylation sites (N-methyl/N-ethyl adjacent to an activating group) is 1. The fourth-order valence-electron chi connectivity index (χ4n) is 2.16. The topological polar surface area (TPSA) is 73.0 Å². The summed E-state index contributed by atoms with van der Waals surface area (Å²) in [7, 11) is 3.88. The van der Waals surface area contributed by atoms with Gasteiger partial charge in [-0.1, -0.05) is 6.92 Å². The van der Waals surface area contributed by atoms with E-state index in [1.54, 1.807) is 13.2 Å². The number of rotatable bonds is 9. The summed E-state index contributed by atoms with van der Waals surface area (Å²) in [6.45, 7) is 6.42. The molecule has 0 fully saturated rings. The van der Waals surface area contributed by atoms with Crippen molar-refractivity contribution in [1.82, 2.24) is 15.5 Å². The molecule has 0 saturated carbocycles. The van der Waals surface area contributed by atoms with Gasteiger partial charge in [-0.15, -0.1) is 24.0 Å². The van der Waals surface area contributed by atoms with Gasteiger partial charge in [-0.05, 0) is 39.6 Å². The Morgan fingerprint density at radius 3 is 2.61 bits per heavy atom. The van der Waals surface area contributed by atoms with Crippen molar-refractivity contribution in [2.75, 3.05) is 40.3 Å². The lowest BCUT2D eigenvalue weighted by Gasteiger charge is -2.25. The van der Waals surface area contributed by atoms with Gasteiger partial charge in [0.1, 0.15) is 5.76 Å². The van der Waals surface area contributed by atoms with Crippen molar-refractivity contribution in [3.63, 3.8) is 0 Å². The van der Waals surface area contributed by atoms with Gasteiger partial charge in [0, 0.05) is 26.1 Å². The van der Waals surface area contributed by atoms with Crippen LogP contribution in [0.2, 0.25) is 0 Å². The molecule has 0 spiro atoms. The average Bonchev–Trinajstić information content (AvgIpc) is 2.93. The van der Waals surface area contributed by atoms with Gasteiger partial charge >= 0.3 is 0 Å². The first kappa shape index (κ1) is 22.2. The molecule has 0 amide bonds. The molecule has 23 heavy (non-hydrogen) atoms. The van der Waals surface area contributed by atoms with E-state index in [1.165, 1.54) is 0 Å². The quantitative estimate of drug-likeness (QED) is 0.311. The average molecular weight is 438 g/mol. The molecule has 0 aromatic carbocycles. The number of nitrogens with zero attached hydrogens (tertiary/aromatic N) is 2. The van der Waals surface area contributed by atoms with E-state index in [1.807, 2.05) is 31.1 Å². The van der Waals surface area contributed by atoms with Crippen LogP contribution < -0.4 is 10.6 Å².